The van der Waals surface area contributed by atoms with Gasteiger partial charge in [0.1, 0.15) is 4.90 Å². The number of nitrogens with one attached hydrogen (secondary N) is 1. The molecule has 1 aromatic rings. The lowest BCUT2D eigenvalue weighted by Crippen LogP contribution is -2.29. The third-order valence-corrected chi connectivity index (χ3v) is 5.05. The van der Waals surface area contributed by atoms with Crippen LogP contribution in [0.3, 0.4) is 0 Å². The van der Waals surface area contributed by atoms with Gasteiger partial charge in [0.15, 0.2) is 0 Å². The monoisotopic (exact) mass is 412 g/mol. The second-order valence-electron chi connectivity index (χ2n) is 4.32. The molecule has 0 radical (unpaired) electrons. The summed E-state index contributed by atoms with van der Waals surface area (Å²) >= 11 is 6.62. The van der Waals surface area contributed by atoms with Gasteiger partial charge in [0.25, 0.3) is 0 Å². The molecule has 0 aliphatic carbocycles. The predicted octanol–water partition coefficient (Wildman–Crippen LogP) is 3.32. The Kier molecular flexibility index (Phi) is 7.49. The number of nitrogens with zero attached hydrogens (tertiary/aromatic N) is 1. The number of alkyl halides is 1. The van der Waals surface area contributed by atoms with E-state index in [0.717, 1.165) is 24.6 Å². The minimum absolute atomic E-state index is 0.191. The van der Waals surface area contributed by atoms with Crippen LogP contribution in [-0.2, 0) is 10.0 Å². The summed E-state index contributed by atoms with van der Waals surface area (Å²) in [6.07, 6.45) is 5.95. The summed E-state index contributed by atoms with van der Waals surface area (Å²) in [5.74, 6) is 0.360. The van der Waals surface area contributed by atoms with E-state index in [0.29, 0.717) is 16.9 Å². The number of hydrogen-bond acceptors (Lipinski definition) is 3. The third-order valence-electron chi connectivity index (χ3n) is 2.77. The van der Waals surface area contributed by atoms with Gasteiger partial charge >= 0.3 is 0 Å². The molecule has 0 saturated heterocycles. The Morgan fingerprint density at radius 3 is 2.68 bits per heavy atom. The second kappa shape index (κ2) is 8.34. The maximum Gasteiger partial charge on any atom is 0.242 e. The van der Waals surface area contributed by atoms with Crippen molar-refractivity contribution in [1.29, 1.82) is 0 Å². The summed E-state index contributed by atoms with van der Waals surface area (Å²) in [7, 11) is -3.47. The molecule has 4 nitrogen and oxygen atoms in total. The Balaban J connectivity index is 2.69. The van der Waals surface area contributed by atoms with Crippen LogP contribution in [-0.4, -0.2) is 25.3 Å². The van der Waals surface area contributed by atoms with E-state index >= 15 is 0 Å². The maximum atomic E-state index is 12.1. The lowest BCUT2D eigenvalue weighted by Gasteiger charge is -2.15. The van der Waals surface area contributed by atoms with Gasteiger partial charge in [-0.1, -0.05) is 29.3 Å². The molecule has 1 N–H and O–H groups in total. The van der Waals surface area contributed by atoms with Crippen LogP contribution in [0.15, 0.2) is 27.8 Å². The highest BCUT2D eigenvalue weighted by Gasteiger charge is 2.17. The van der Waals surface area contributed by atoms with Crippen molar-refractivity contribution in [1.82, 2.24) is 9.71 Å². The lowest BCUT2D eigenvalue weighted by atomic mass is 10.0. The maximum absolute atomic E-state index is 12.1. The smallest absolute Gasteiger partial charge is 0.242 e. The minimum Gasteiger partial charge on any atom is -0.262 e. The van der Waals surface area contributed by atoms with Gasteiger partial charge in [0.05, 0.1) is 0 Å². The van der Waals surface area contributed by atoms with Gasteiger partial charge < -0.3 is 0 Å². The molecule has 1 unspecified atom stereocenters. The SMILES string of the molecule is CCCC(CCBr)CNS(=O)(=O)c1cncc(Br)c1. The molecule has 0 aliphatic heterocycles. The predicted molar refractivity (Wildman–Crippen MR) is 83.9 cm³/mol. The molecule has 108 valence electrons. The summed E-state index contributed by atoms with van der Waals surface area (Å²) in [5, 5.41) is 0.887. The normalized spacial score (nSPS) is 13.4. The molecule has 1 rings (SSSR count). The molecule has 1 aromatic heterocycles. The molecule has 0 fully saturated rings. The highest BCUT2D eigenvalue weighted by molar-refractivity contribution is 9.10. The average molecular weight is 414 g/mol. The van der Waals surface area contributed by atoms with E-state index in [1.54, 1.807) is 12.3 Å². The fourth-order valence-electron chi connectivity index (χ4n) is 1.76. The quantitative estimate of drug-likeness (QED) is 0.665. The van der Waals surface area contributed by atoms with Crippen LogP contribution in [0.25, 0.3) is 0 Å². The highest BCUT2D eigenvalue weighted by atomic mass is 79.9. The van der Waals surface area contributed by atoms with Gasteiger partial charge in [-0.15, -0.1) is 0 Å². The van der Waals surface area contributed by atoms with E-state index in [1.807, 2.05) is 0 Å². The van der Waals surface area contributed by atoms with Gasteiger partial charge in [-0.2, -0.15) is 0 Å². The molecule has 0 saturated carbocycles. The zero-order chi connectivity index (χ0) is 14.3. The van der Waals surface area contributed by atoms with E-state index in [2.05, 4.69) is 48.5 Å². The van der Waals surface area contributed by atoms with E-state index in [1.165, 1.54) is 6.20 Å². The zero-order valence-electron chi connectivity index (χ0n) is 10.8. The third kappa shape index (κ3) is 5.89. The van der Waals surface area contributed by atoms with Gasteiger partial charge in [0.2, 0.25) is 10.0 Å². The van der Waals surface area contributed by atoms with Gasteiger partial charge in [-0.3, -0.25) is 4.98 Å². The Labute approximate surface area is 131 Å². The van der Waals surface area contributed by atoms with Crippen molar-refractivity contribution < 1.29 is 8.42 Å². The van der Waals surface area contributed by atoms with Crippen molar-refractivity contribution in [2.24, 2.45) is 5.92 Å². The summed E-state index contributed by atoms with van der Waals surface area (Å²) < 4.78 is 27.5. The summed E-state index contributed by atoms with van der Waals surface area (Å²) in [6.45, 7) is 2.57. The molecule has 0 aliphatic rings. The van der Waals surface area contributed by atoms with Crippen molar-refractivity contribution in [3.05, 3.63) is 22.9 Å². The Morgan fingerprint density at radius 2 is 2.11 bits per heavy atom. The van der Waals surface area contributed by atoms with Crippen LogP contribution >= 0.6 is 31.9 Å². The molecule has 0 bridgehead atoms. The lowest BCUT2D eigenvalue weighted by molar-refractivity contribution is 0.459. The molecule has 0 spiro atoms. The number of pyridine rings is 1. The van der Waals surface area contributed by atoms with Gasteiger partial charge in [-0.05, 0) is 40.8 Å². The van der Waals surface area contributed by atoms with Crippen LogP contribution < -0.4 is 4.72 Å². The molecule has 0 amide bonds. The van der Waals surface area contributed by atoms with E-state index < -0.39 is 10.0 Å². The first-order valence-electron chi connectivity index (χ1n) is 6.15. The van der Waals surface area contributed by atoms with Gasteiger partial charge in [-0.25, -0.2) is 13.1 Å². The fourth-order valence-corrected chi connectivity index (χ4v) is 4.03. The molecule has 19 heavy (non-hydrogen) atoms. The van der Waals surface area contributed by atoms with Crippen LogP contribution in [0.2, 0.25) is 0 Å². The Bertz CT molecular complexity index is 488. The van der Waals surface area contributed by atoms with Crippen LogP contribution in [0.5, 0.6) is 0 Å². The van der Waals surface area contributed by atoms with E-state index in [4.69, 9.17) is 0 Å². The summed E-state index contributed by atoms with van der Waals surface area (Å²) in [4.78, 5) is 4.07. The van der Waals surface area contributed by atoms with Crippen LogP contribution in [0, 0.1) is 5.92 Å². The zero-order valence-corrected chi connectivity index (χ0v) is 14.8. The Morgan fingerprint density at radius 1 is 1.37 bits per heavy atom. The Hall–Kier alpha value is 0.0200. The number of sulfonamides is 1. The standard InChI is InChI=1S/C12H18Br2N2O2S/c1-2-3-10(4-5-13)7-16-19(17,18)12-6-11(14)8-15-9-12/h6,8-10,16H,2-5,7H2,1H3. The molecular formula is C12H18Br2N2O2S. The fraction of sp³-hybridized carbons (Fsp3) is 0.583. The van der Waals surface area contributed by atoms with Gasteiger partial charge in [0, 0.05) is 28.7 Å². The highest BCUT2D eigenvalue weighted by Crippen LogP contribution is 2.16. The van der Waals surface area contributed by atoms with Crippen molar-refractivity contribution in [2.45, 2.75) is 31.1 Å². The molecule has 1 atom stereocenters. The molecule has 1 heterocycles. The van der Waals surface area contributed by atoms with E-state index in [9.17, 15) is 8.42 Å². The van der Waals surface area contributed by atoms with Crippen LogP contribution in [0.4, 0.5) is 0 Å². The first-order valence-corrected chi connectivity index (χ1v) is 9.55. The first kappa shape index (κ1) is 17.1. The minimum atomic E-state index is -3.47. The number of hydrogen-bond donors (Lipinski definition) is 1. The number of aromatic nitrogens is 1. The average Bonchev–Trinajstić information content (AvgIpc) is 2.37. The second-order valence-corrected chi connectivity index (χ2v) is 7.80. The van der Waals surface area contributed by atoms with Crippen molar-refractivity contribution in [3.8, 4) is 0 Å². The summed E-state index contributed by atoms with van der Waals surface area (Å²) in [5.41, 5.74) is 0. The number of halogens is 2. The molecular weight excluding hydrogens is 396 g/mol. The van der Waals surface area contributed by atoms with Crippen LogP contribution in [0.1, 0.15) is 26.2 Å². The van der Waals surface area contributed by atoms with Crippen molar-refractivity contribution in [2.75, 3.05) is 11.9 Å². The molecule has 7 heteroatoms. The largest absolute Gasteiger partial charge is 0.262 e. The first-order chi connectivity index (χ1) is 8.99. The number of rotatable bonds is 8. The van der Waals surface area contributed by atoms with Crippen molar-refractivity contribution in [3.63, 3.8) is 0 Å². The van der Waals surface area contributed by atoms with E-state index in [-0.39, 0.29) is 4.90 Å². The molecule has 0 aromatic carbocycles. The topological polar surface area (TPSA) is 59.1 Å². The summed E-state index contributed by atoms with van der Waals surface area (Å²) in [6, 6.07) is 1.55. The van der Waals surface area contributed by atoms with Crippen molar-refractivity contribution >= 4 is 41.9 Å².